The lowest BCUT2D eigenvalue weighted by molar-refractivity contribution is -0.274. The van der Waals surface area contributed by atoms with Gasteiger partial charge < -0.3 is 15.0 Å². The predicted molar refractivity (Wildman–Crippen MR) is 95.9 cm³/mol. The monoisotopic (exact) mass is 397 g/mol. The minimum atomic E-state index is -4.75. The summed E-state index contributed by atoms with van der Waals surface area (Å²) in [6.07, 6.45) is -0.821. The molecule has 0 aliphatic carbocycles. The summed E-state index contributed by atoms with van der Waals surface area (Å²) >= 11 is 6.13. The van der Waals surface area contributed by atoms with E-state index in [0.717, 1.165) is 12.1 Å². The lowest BCUT2D eigenvalue weighted by Gasteiger charge is -2.27. The summed E-state index contributed by atoms with van der Waals surface area (Å²) in [5, 5.41) is 3.21. The summed E-state index contributed by atoms with van der Waals surface area (Å²) in [5.74, 6) is 0.0154. The van der Waals surface area contributed by atoms with Crippen molar-refractivity contribution in [1.82, 2.24) is 4.98 Å². The zero-order valence-corrected chi connectivity index (χ0v) is 14.7. The molecule has 5 nitrogen and oxygen atoms in total. The number of pyridine rings is 1. The van der Waals surface area contributed by atoms with E-state index in [9.17, 15) is 18.0 Å². The number of hydrogen-bond donors (Lipinski definition) is 1. The Balaban J connectivity index is 1.60. The normalized spacial score (nSPS) is 14.5. The molecular formula is C18H15ClF3N3O2. The van der Waals surface area contributed by atoms with Crippen LogP contribution in [-0.2, 0) is 4.79 Å². The minimum Gasteiger partial charge on any atom is -0.406 e. The van der Waals surface area contributed by atoms with Crippen molar-refractivity contribution in [3.8, 4) is 5.75 Å². The Hall–Kier alpha value is -2.74. The van der Waals surface area contributed by atoms with E-state index in [-0.39, 0.29) is 11.7 Å². The van der Waals surface area contributed by atoms with Crippen LogP contribution in [0.1, 0.15) is 6.42 Å². The van der Waals surface area contributed by atoms with Crippen molar-refractivity contribution in [2.24, 2.45) is 0 Å². The molecule has 2 aromatic rings. The summed E-state index contributed by atoms with van der Waals surface area (Å²) in [7, 11) is 0. The Labute approximate surface area is 158 Å². The Bertz CT molecular complexity index is 854. The van der Waals surface area contributed by atoms with Crippen molar-refractivity contribution in [2.75, 3.05) is 23.3 Å². The first-order valence-electron chi connectivity index (χ1n) is 8.03. The number of benzene rings is 1. The summed E-state index contributed by atoms with van der Waals surface area (Å²) < 4.78 is 40.3. The maximum Gasteiger partial charge on any atom is 0.573 e. The molecule has 0 saturated carbocycles. The molecule has 142 valence electrons. The Morgan fingerprint density at radius 2 is 1.96 bits per heavy atom. The maximum absolute atomic E-state index is 12.3. The van der Waals surface area contributed by atoms with Gasteiger partial charge in [0.25, 0.3) is 5.91 Å². The first-order valence-corrected chi connectivity index (χ1v) is 8.41. The van der Waals surface area contributed by atoms with Crippen LogP contribution in [0.4, 0.5) is 24.7 Å². The summed E-state index contributed by atoms with van der Waals surface area (Å²) in [5.41, 5.74) is 0.972. The fourth-order valence-corrected chi connectivity index (χ4v) is 2.87. The first-order chi connectivity index (χ1) is 12.8. The van der Waals surface area contributed by atoms with Crippen LogP contribution in [-0.4, -0.2) is 30.3 Å². The van der Waals surface area contributed by atoms with Gasteiger partial charge >= 0.3 is 6.36 Å². The van der Waals surface area contributed by atoms with Gasteiger partial charge in [0.05, 0.1) is 5.02 Å². The number of carbonyl (C=O) groups is 1. The van der Waals surface area contributed by atoms with E-state index in [4.69, 9.17) is 11.6 Å². The van der Waals surface area contributed by atoms with Crippen LogP contribution in [0.5, 0.6) is 5.75 Å². The molecule has 1 aromatic carbocycles. The summed E-state index contributed by atoms with van der Waals surface area (Å²) in [6, 6.07) is 8.48. The van der Waals surface area contributed by atoms with Gasteiger partial charge in [-0.1, -0.05) is 17.7 Å². The molecule has 1 aliphatic heterocycles. The van der Waals surface area contributed by atoms with E-state index < -0.39 is 6.36 Å². The first kappa shape index (κ1) is 19.0. The van der Waals surface area contributed by atoms with Gasteiger partial charge in [-0.2, -0.15) is 0 Å². The van der Waals surface area contributed by atoms with Crippen LogP contribution in [0, 0.1) is 0 Å². The molecule has 2 heterocycles. The molecule has 0 saturated heterocycles. The van der Waals surface area contributed by atoms with E-state index in [1.807, 2.05) is 4.90 Å². The molecule has 0 bridgehead atoms. The van der Waals surface area contributed by atoms with Gasteiger partial charge in [0.1, 0.15) is 11.6 Å². The van der Waals surface area contributed by atoms with E-state index in [0.29, 0.717) is 41.6 Å². The van der Waals surface area contributed by atoms with E-state index >= 15 is 0 Å². The highest BCUT2D eigenvalue weighted by molar-refractivity contribution is 6.32. The fourth-order valence-electron chi connectivity index (χ4n) is 2.63. The van der Waals surface area contributed by atoms with E-state index in [1.54, 1.807) is 24.4 Å². The summed E-state index contributed by atoms with van der Waals surface area (Å²) in [4.78, 5) is 18.5. The van der Waals surface area contributed by atoms with Gasteiger partial charge in [-0.15, -0.1) is 13.2 Å². The smallest absolute Gasteiger partial charge is 0.406 e. The number of anilines is 2. The number of rotatable bonds is 4. The second-order valence-electron chi connectivity index (χ2n) is 5.76. The number of halogens is 4. The lowest BCUT2D eigenvalue weighted by atomic mass is 10.1. The third-order valence-corrected chi connectivity index (χ3v) is 4.18. The Kier molecular flexibility index (Phi) is 5.55. The van der Waals surface area contributed by atoms with Crippen LogP contribution >= 0.6 is 11.6 Å². The molecule has 0 spiro atoms. The fraction of sp³-hybridized carbons (Fsp3) is 0.222. The quantitative estimate of drug-likeness (QED) is 0.830. The second-order valence-corrected chi connectivity index (χ2v) is 6.17. The standard InChI is InChI=1S/C18H15ClF3N3O2/c19-15-2-1-9-23-16(15)25-10-7-12(8-11-25)17(26)24-13-3-5-14(6-4-13)27-18(20,21)22/h1-7,9H,8,10-11H2,(H,24,26). The Morgan fingerprint density at radius 1 is 1.22 bits per heavy atom. The molecule has 9 heteroatoms. The zero-order valence-electron chi connectivity index (χ0n) is 14.0. The van der Waals surface area contributed by atoms with Gasteiger partial charge in [0.2, 0.25) is 0 Å². The van der Waals surface area contributed by atoms with Crippen molar-refractivity contribution in [1.29, 1.82) is 0 Å². The largest absolute Gasteiger partial charge is 0.573 e. The highest BCUT2D eigenvalue weighted by Gasteiger charge is 2.31. The molecule has 1 amide bonds. The topological polar surface area (TPSA) is 54.5 Å². The number of nitrogens with one attached hydrogen (secondary N) is 1. The molecule has 0 fully saturated rings. The van der Waals surface area contributed by atoms with E-state index in [2.05, 4.69) is 15.0 Å². The molecule has 0 radical (unpaired) electrons. The highest BCUT2D eigenvalue weighted by atomic mass is 35.5. The second kappa shape index (κ2) is 7.87. The number of hydrogen-bond acceptors (Lipinski definition) is 4. The van der Waals surface area contributed by atoms with Gasteiger partial charge in [0, 0.05) is 30.5 Å². The predicted octanol–water partition coefficient (Wildman–Crippen LogP) is 4.41. The average molecular weight is 398 g/mol. The minimum absolute atomic E-state index is 0.300. The van der Waals surface area contributed by atoms with Crippen LogP contribution in [0.25, 0.3) is 0 Å². The Morgan fingerprint density at radius 3 is 2.56 bits per heavy atom. The molecule has 0 atom stereocenters. The average Bonchev–Trinajstić information content (AvgIpc) is 2.63. The SMILES string of the molecule is O=C(Nc1ccc(OC(F)(F)F)cc1)C1=CCN(c2ncccc2Cl)CC1. The number of aromatic nitrogens is 1. The van der Waals surface area contributed by atoms with Gasteiger partial charge in [-0.25, -0.2) is 4.98 Å². The van der Waals surface area contributed by atoms with E-state index in [1.165, 1.54) is 12.1 Å². The number of carbonyl (C=O) groups excluding carboxylic acids is 1. The molecule has 1 aliphatic rings. The molecule has 1 aromatic heterocycles. The highest BCUT2D eigenvalue weighted by Crippen LogP contribution is 2.26. The van der Waals surface area contributed by atoms with Gasteiger partial charge in [-0.3, -0.25) is 4.79 Å². The maximum atomic E-state index is 12.3. The number of nitrogens with zero attached hydrogens (tertiary/aromatic N) is 2. The number of amides is 1. The third kappa shape index (κ3) is 5.13. The van der Waals surface area contributed by atoms with Crippen molar-refractivity contribution < 1.29 is 22.7 Å². The molecule has 1 N–H and O–H groups in total. The van der Waals surface area contributed by atoms with Crippen molar-refractivity contribution in [3.05, 3.63) is 59.3 Å². The van der Waals surface area contributed by atoms with Gasteiger partial charge in [0.15, 0.2) is 0 Å². The number of alkyl halides is 3. The van der Waals surface area contributed by atoms with Crippen LogP contribution in [0.2, 0.25) is 5.02 Å². The molecule has 27 heavy (non-hydrogen) atoms. The number of ether oxygens (including phenoxy) is 1. The zero-order chi connectivity index (χ0) is 19.4. The van der Waals surface area contributed by atoms with Crippen molar-refractivity contribution in [3.63, 3.8) is 0 Å². The lowest BCUT2D eigenvalue weighted by Crippen LogP contribution is -2.32. The van der Waals surface area contributed by atoms with Crippen molar-refractivity contribution in [2.45, 2.75) is 12.8 Å². The van der Waals surface area contributed by atoms with Crippen LogP contribution < -0.4 is 15.0 Å². The molecular weight excluding hydrogens is 383 g/mol. The van der Waals surface area contributed by atoms with Crippen LogP contribution in [0.15, 0.2) is 54.2 Å². The third-order valence-electron chi connectivity index (χ3n) is 3.89. The van der Waals surface area contributed by atoms with Crippen LogP contribution in [0.3, 0.4) is 0 Å². The summed E-state index contributed by atoms with van der Waals surface area (Å²) in [6.45, 7) is 1.06. The van der Waals surface area contributed by atoms with Crippen molar-refractivity contribution >= 4 is 29.0 Å². The molecule has 3 rings (SSSR count). The van der Waals surface area contributed by atoms with Gasteiger partial charge in [-0.05, 0) is 42.8 Å². The molecule has 0 unspecified atom stereocenters.